The third kappa shape index (κ3) is 2.51. The van der Waals surface area contributed by atoms with Crippen LogP contribution < -0.4 is 5.32 Å². The fraction of sp³-hybridized carbons (Fsp3) is 0.294. The Hall–Kier alpha value is -2.67. The highest BCUT2D eigenvalue weighted by molar-refractivity contribution is 6.31. The quantitative estimate of drug-likeness (QED) is 0.831. The smallest absolute Gasteiger partial charge is 0.378 e. The van der Waals surface area contributed by atoms with Gasteiger partial charge in [-0.25, -0.2) is 9.48 Å². The summed E-state index contributed by atoms with van der Waals surface area (Å²) in [6, 6.07) is 6.79. The number of allylic oxidation sites excluding steroid dienone is 2. The first-order chi connectivity index (χ1) is 12.1. The molecule has 0 bridgehead atoms. The number of nitrogens with zero attached hydrogens (tertiary/aromatic N) is 3. The van der Waals surface area contributed by atoms with Gasteiger partial charge in [-0.15, -0.1) is 5.10 Å². The summed E-state index contributed by atoms with van der Waals surface area (Å²) < 4.78 is 6.24. The number of ether oxygens (including phenoxy) is 1. The molecule has 1 aromatic heterocycles. The number of nitrogens with one attached hydrogen (secondary N) is 1. The third-order valence-electron chi connectivity index (χ3n) is 4.44. The molecule has 0 fully saturated rings. The van der Waals surface area contributed by atoms with Crippen molar-refractivity contribution in [3.63, 3.8) is 0 Å². The lowest BCUT2D eigenvalue weighted by Crippen LogP contribution is -2.31. The van der Waals surface area contributed by atoms with Crippen molar-refractivity contribution in [1.82, 2.24) is 14.8 Å². The molecule has 1 N–H and O–H groups in total. The predicted molar refractivity (Wildman–Crippen MR) is 90.5 cm³/mol. The largest absolute Gasteiger partial charge is 0.463 e. The summed E-state index contributed by atoms with van der Waals surface area (Å²) in [5.74, 6) is -0.238. The molecular formula is C17H15ClN4O3. The van der Waals surface area contributed by atoms with Crippen molar-refractivity contribution in [2.24, 2.45) is 0 Å². The van der Waals surface area contributed by atoms with Crippen LogP contribution >= 0.6 is 11.6 Å². The first-order valence-electron chi connectivity index (χ1n) is 7.92. The number of halogens is 1. The van der Waals surface area contributed by atoms with Crippen LogP contribution in [0.25, 0.3) is 0 Å². The van der Waals surface area contributed by atoms with E-state index < -0.39 is 12.0 Å². The molecule has 8 heteroatoms. The molecule has 1 aromatic carbocycles. The van der Waals surface area contributed by atoms with Gasteiger partial charge in [0, 0.05) is 28.3 Å². The van der Waals surface area contributed by atoms with E-state index in [1.807, 2.05) is 18.2 Å². The van der Waals surface area contributed by atoms with Crippen LogP contribution in [0, 0.1) is 0 Å². The Morgan fingerprint density at radius 3 is 2.92 bits per heavy atom. The van der Waals surface area contributed by atoms with Gasteiger partial charge in [0.15, 0.2) is 5.78 Å². The van der Waals surface area contributed by atoms with Gasteiger partial charge in [0.2, 0.25) is 5.95 Å². The molecule has 0 unspecified atom stereocenters. The van der Waals surface area contributed by atoms with E-state index in [-0.39, 0.29) is 11.6 Å². The number of aromatic nitrogens is 3. The fourth-order valence-corrected chi connectivity index (χ4v) is 3.56. The second-order valence-corrected chi connectivity index (χ2v) is 6.32. The highest BCUT2D eigenvalue weighted by Gasteiger charge is 2.38. The average molecular weight is 359 g/mol. The first-order valence-corrected chi connectivity index (χ1v) is 8.30. The number of esters is 1. The molecule has 128 valence electrons. The third-order valence-corrected chi connectivity index (χ3v) is 4.78. The van der Waals surface area contributed by atoms with E-state index in [1.165, 1.54) is 11.8 Å². The van der Waals surface area contributed by atoms with E-state index in [4.69, 9.17) is 16.3 Å². The zero-order valence-electron chi connectivity index (χ0n) is 13.5. The maximum Gasteiger partial charge on any atom is 0.378 e. The lowest BCUT2D eigenvalue weighted by atomic mass is 9.85. The van der Waals surface area contributed by atoms with Gasteiger partial charge in [0.1, 0.15) is 6.04 Å². The average Bonchev–Trinajstić information content (AvgIpc) is 3.04. The lowest BCUT2D eigenvalue weighted by Gasteiger charge is -2.32. The second kappa shape index (κ2) is 6.00. The Kier molecular flexibility index (Phi) is 3.80. The van der Waals surface area contributed by atoms with E-state index in [1.54, 1.807) is 6.07 Å². The molecule has 7 nitrogen and oxygen atoms in total. The molecule has 2 heterocycles. The number of fused-ring (bicyclic) bond motifs is 1. The molecule has 2 aliphatic rings. The SMILES string of the molecule is COC(=O)c1nc2n(n1)[C@H](c1ccccc1Cl)C1=C(CCCC1=O)N2. The molecule has 4 rings (SSSR count). The zero-order valence-corrected chi connectivity index (χ0v) is 14.2. The predicted octanol–water partition coefficient (Wildman–Crippen LogP) is 2.74. The standard InChI is InChI=1S/C17H15ClN4O3/c1-25-16(24)15-20-17-19-11-7-4-8-12(23)13(11)14(22(17)21-15)9-5-2-3-6-10(9)18/h2-3,5-6,14H,4,7-8H2,1H3,(H,19,20,21)/t14-/m1/s1. The number of hydrogen-bond donors (Lipinski definition) is 1. The summed E-state index contributed by atoms with van der Waals surface area (Å²) >= 11 is 6.39. The summed E-state index contributed by atoms with van der Waals surface area (Å²) in [5.41, 5.74) is 2.20. The number of rotatable bonds is 2. The summed E-state index contributed by atoms with van der Waals surface area (Å²) in [6.07, 6.45) is 2.00. The topological polar surface area (TPSA) is 86.1 Å². The molecule has 1 aliphatic heterocycles. The molecule has 0 amide bonds. The van der Waals surface area contributed by atoms with E-state index >= 15 is 0 Å². The molecule has 25 heavy (non-hydrogen) atoms. The number of ketones is 1. The van der Waals surface area contributed by atoms with Crippen LogP contribution in [-0.2, 0) is 9.53 Å². The summed E-state index contributed by atoms with van der Waals surface area (Å²) in [5, 5.41) is 7.94. The van der Waals surface area contributed by atoms with Crippen LogP contribution in [0.5, 0.6) is 0 Å². The molecule has 2 aromatic rings. The number of carbonyl (C=O) groups excluding carboxylic acids is 2. The molecular weight excluding hydrogens is 344 g/mol. The van der Waals surface area contributed by atoms with Gasteiger partial charge in [-0.1, -0.05) is 29.8 Å². The number of hydrogen-bond acceptors (Lipinski definition) is 6. The number of anilines is 1. The van der Waals surface area contributed by atoms with Crippen molar-refractivity contribution in [2.75, 3.05) is 12.4 Å². The van der Waals surface area contributed by atoms with Crippen molar-refractivity contribution >= 4 is 29.3 Å². The van der Waals surface area contributed by atoms with Crippen molar-refractivity contribution in [3.05, 3.63) is 51.9 Å². The minimum atomic E-state index is -0.633. The monoisotopic (exact) mass is 358 g/mol. The zero-order chi connectivity index (χ0) is 17.6. The Balaban J connectivity index is 1.93. The fourth-order valence-electron chi connectivity index (χ4n) is 3.32. The van der Waals surface area contributed by atoms with Crippen LogP contribution in [-0.4, -0.2) is 33.6 Å². The van der Waals surface area contributed by atoms with Crippen molar-refractivity contribution in [3.8, 4) is 0 Å². The molecule has 1 atom stereocenters. The van der Waals surface area contributed by atoms with E-state index in [0.29, 0.717) is 23.0 Å². The Labute approximate surface area is 148 Å². The highest BCUT2D eigenvalue weighted by atomic mass is 35.5. The van der Waals surface area contributed by atoms with Crippen LogP contribution in [0.4, 0.5) is 5.95 Å². The Morgan fingerprint density at radius 1 is 1.36 bits per heavy atom. The van der Waals surface area contributed by atoms with Gasteiger partial charge in [-0.3, -0.25) is 4.79 Å². The van der Waals surface area contributed by atoms with E-state index in [9.17, 15) is 9.59 Å². The Morgan fingerprint density at radius 2 is 2.16 bits per heavy atom. The number of carbonyl (C=O) groups is 2. The lowest BCUT2D eigenvalue weighted by molar-refractivity contribution is -0.116. The minimum absolute atomic E-state index is 0.0550. The minimum Gasteiger partial charge on any atom is -0.463 e. The summed E-state index contributed by atoms with van der Waals surface area (Å²) in [7, 11) is 1.27. The van der Waals surface area contributed by atoms with E-state index in [2.05, 4.69) is 15.4 Å². The van der Waals surface area contributed by atoms with Gasteiger partial charge < -0.3 is 10.1 Å². The van der Waals surface area contributed by atoms with Crippen LogP contribution in [0.15, 0.2) is 35.5 Å². The molecule has 1 aliphatic carbocycles. The molecule has 0 saturated carbocycles. The maximum atomic E-state index is 12.6. The normalized spacial score (nSPS) is 19.1. The first kappa shape index (κ1) is 15.8. The highest BCUT2D eigenvalue weighted by Crippen LogP contribution is 2.41. The van der Waals surface area contributed by atoms with E-state index in [0.717, 1.165) is 24.1 Å². The van der Waals surface area contributed by atoms with Gasteiger partial charge >= 0.3 is 5.97 Å². The maximum absolute atomic E-state index is 12.6. The van der Waals surface area contributed by atoms with Crippen molar-refractivity contribution in [1.29, 1.82) is 0 Å². The van der Waals surface area contributed by atoms with Gasteiger partial charge in [-0.05, 0) is 18.9 Å². The summed E-state index contributed by atoms with van der Waals surface area (Å²) in [4.78, 5) is 28.7. The molecule has 0 saturated heterocycles. The van der Waals surface area contributed by atoms with Crippen LogP contribution in [0.3, 0.4) is 0 Å². The van der Waals surface area contributed by atoms with Crippen molar-refractivity contribution < 1.29 is 14.3 Å². The van der Waals surface area contributed by atoms with Gasteiger partial charge in [0.25, 0.3) is 5.82 Å². The van der Waals surface area contributed by atoms with Crippen LogP contribution in [0.1, 0.15) is 41.5 Å². The number of Topliss-reactive ketones (excluding diaryl/α,β-unsaturated/α-hetero) is 1. The second-order valence-electron chi connectivity index (χ2n) is 5.91. The van der Waals surface area contributed by atoms with Gasteiger partial charge in [0.05, 0.1) is 7.11 Å². The van der Waals surface area contributed by atoms with Crippen molar-refractivity contribution in [2.45, 2.75) is 25.3 Å². The van der Waals surface area contributed by atoms with Crippen LogP contribution in [0.2, 0.25) is 5.02 Å². The van der Waals surface area contributed by atoms with Gasteiger partial charge in [-0.2, -0.15) is 4.98 Å². The number of methoxy groups -OCH3 is 1. The Bertz CT molecular complexity index is 918. The molecule has 0 radical (unpaired) electrons. The summed E-state index contributed by atoms with van der Waals surface area (Å²) in [6.45, 7) is 0. The number of benzene rings is 1. The molecule has 0 spiro atoms.